The zero-order valence-corrected chi connectivity index (χ0v) is 14.1. The van der Waals surface area contributed by atoms with E-state index in [9.17, 15) is 13.2 Å². The number of alkyl halides is 3. The van der Waals surface area contributed by atoms with E-state index >= 15 is 0 Å². The smallest absolute Gasteiger partial charge is 0.334 e. The van der Waals surface area contributed by atoms with Crippen molar-refractivity contribution in [1.82, 2.24) is 0 Å². The molecule has 0 saturated carbocycles. The lowest BCUT2D eigenvalue weighted by atomic mass is 10.1. The van der Waals surface area contributed by atoms with Crippen LogP contribution in [0.15, 0.2) is 27.7 Å². The Labute approximate surface area is 134 Å². The lowest BCUT2D eigenvalue weighted by molar-refractivity contribution is -0.136. The van der Waals surface area contributed by atoms with Crippen LogP contribution in [0.25, 0.3) is 0 Å². The van der Waals surface area contributed by atoms with Crippen molar-refractivity contribution in [2.24, 2.45) is 10.9 Å². The highest BCUT2D eigenvalue weighted by molar-refractivity contribution is 9.10. The van der Waals surface area contributed by atoms with Crippen LogP contribution in [0.5, 0.6) is 0 Å². The van der Waals surface area contributed by atoms with Crippen LogP contribution in [0.1, 0.15) is 25.8 Å². The summed E-state index contributed by atoms with van der Waals surface area (Å²) in [6.07, 6.45) is -3.45. The first-order chi connectivity index (χ1) is 9.75. The molecule has 21 heavy (non-hydrogen) atoms. The van der Waals surface area contributed by atoms with Crippen molar-refractivity contribution >= 4 is 38.5 Å². The average molecular weight is 381 g/mol. The van der Waals surface area contributed by atoms with Crippen molar-refractivity contribution in [3.8, 4) is 0 Å². The maximum atomic E-state index is 13.0. The molecular weight excluding hydrogens is 365 g/mol. The molecule has 0 bridgehead atoms. The maximum Gasteiger partial charge on any atom is 0.418 e. The van der Waals surface area contributed by atoms with Gasteiger partial charge in [0.2, 0.25) is 0 Å². The van der Waals surface area contributed by atoms with E-state index in [1.807, 2.05) is 0 Å². The Hall–Kier alpha value is -0.690. The van der Waals surface area contributed by atoms with E-state index in [1.54, 1.807) is 6.07 Å². The minimum atomic E-state index is -4.40. The van der Waals surface area contributed by atoms with Gasteiger partial charge in [-0.3, -0.25) is 4.99 Å². The molecular formula is C14H16BrF3N2S. The predicted octanol–water partition coefficient (Wildman–Crippen LogP) is 5.40. The number of thioether (sulfide) groups is 1. The second kappa shape index (κ2) is 6.60. The second-order valence-corrected chi connectivity index (χ2v) is 7.27. The molecule has 0 aromatic heterocycles. The number of hydrogen-bond acceptors (Lipinski definition) is 3. The largest absolute Gasteiger partial charge is 0.418 e. The van der Waals surface area contributed by atoms with Gasteiger partial charge in [-0.1, -0.05) is 41.5 Å². The van der Waals surface area contributed by atoms with Crippen molar-refractivity contribution in [3.05, 3.63) is 28.2 Å². The van der Waals surface area contributed by atoms with Crippen LogP contribution in [0.2, 0.25) is 0 Å². The second-order valence-electron chi connectivity index (χ2n) is 5.34. The Morgan fingerprint density at radius 1 is 1.43 bits per heavy atom. The molecule has 0 aliphatic carbocycles. The molecule has 1 N–H and O–H groups in total. The fraction of sp³-hybridized carbons (Fsp3) is 0.500. The van der Waals surface area contributed by atoms with Crippen molar-refractivity contribution in [1.29, 1.82) is 0 Å². The van der Waals surface area contributed by atoms with Crippen LogP contribution in [-0.4, -0.2) is 17.0 Å². The molecule has 1 heterocycles. The number of hydrogen-bond donors (Lipinski definition) is 1. The Balaban J connectivity index is 2.17. The Bertz CT molecular complexity index is 544. The Morgan fingerprint density at radius 3 is 2.76 bits per heavy atom. The topological polar surface area (TPSA) is 24.4 Å². The summed E-state index contributed by atoms with van der Waals surface area (Å²) in [7, 11) is 0. The summed E-state index contributed by atoms with van der Waals surface area (Å²) in [5.41, 5.74) is -0.644. The summed E-state index contributed by atoms with van der Waals surface area (Å²) in [6.45, 7) is 4.23. The van der Waals surface area contributed by atoms with E-state index in [1.165, 1.54) is 17.8 Å². The molecule has 116 valence electrons. The zero-order valence-electron chi connectivity index (χ0n) is 11.7. The van der Waals surface area contributed by atoms with Crippen LogP contribution < -0.4 is 5.32 Å². The van der Waals surface area contributed by atoms with Gasteiger partial charge in [-0.05, 0) is 30.5 Å². The van der Waals surface area contributed by atoms with Gasteiger partial charge >= 0.3 is 6.18 Å². The molecule has 0 saturated heterocycles. The quantitative estimate of drug-likeness (QED) is 0.759. The molecule has 7 heteroatoms. The summed E-state index contributed by atoms with van der Waals surface area (Å²) in [4.78, 5) is 4.46. The van der Waals surface area contributed by atoms with Gasteiger partial charge in [0.1, 0.15) is 0 Å². The first-order valence-electron chi connectivity index (χ1n) is 6.60. The number of aliphatic imine (C=N–C) groups is 1. The molecule has 2 nitrogen and oxygen atoms in total. The Kier molecular flexibility index (Phi) is 5.24. The van der Waals surface area contributed by atoms with Crippen molar-refractivity contribution in [2.75, 3.05) is 11.1 Å². The van der Waals surface area contributed by atoms with E-state index in [0.29, 0.717) is 15.6 Å². The van der Waals surface area contributed by atoms with Crippen LogP contribution in [0.3, 0.4) is 0 Å². The fourth-order valence-corrected chi connectivity index (χ4v) is 3.45. The molecule has 0 fully saturated rings. The van der Waals surface area contributed by atoms with Crippen LogP contribution in [0, 0.1) is 5.92 Å². The minimum Gasteiger partial charge on any atom is -0.334 e. The normalized spacial score (nSPS) is 19.0. The van der Waals surface area contributed by atoms with E-state index in [2.05, 4.69) is 40.1 Å². The lowest BCUT2D eigenvalue weighted by Gasteiger charge is -2.14. The summed E-state index contributed by atoms with van der Waals surface area (Å²) in [5, 5.41) is 3.38. The number of rotatable bonds is 3. The number of nitrogens with zero attached hydrogens (tertiary/aromatic N) is 1. The number of nitrogens with one attached hydrogen (secondary N) is 1. The third-order valence-electron chi connectivity index (χ3n) is 2.98. The molecule has 1 aromatic carbocycles. The van der Waals surface area contributed by atoms with Gasteiger partial charge in [0.25, 0.3) is 0 Å². The highest BCUT2D eigenvalue weighted by Gasteiger charge is 2.34. The molecule has 1 aromatic rings. The van der Waals surface area contributed by atoms with Crippen LogP contribution in [-0.2, 0) is 6.18 Å². The number of halogens is 4. The molecule has 1 atom stereocenters. The van der Waals surface area contributed by atoms with E-state index in [0.717, 1.165) is 18.2 Å². The van der Waals surface area contributed by atoms with Crippen molar-refractivity contribution in [2.45, 2.75) is 32.5 Å². The molecule has 1 unspecified atom stereocenters. The van der Waals surface area contributed by atoms with Crippen molar-refractivity contribution < 1.29 is 13.2 Å². The van der Waals surface area contributed by atoms with Crippen LogP contribution >= 0.6 is 27.7 Å². The number of amidine groups is 1. The maximum absolute atomic E-state index is 13.0. The van der Waals surface area contributed by atoms with E-state index < -0.39 is 11.7 Å². The fourth-order valence-electron chi connectivity index (χ4n) is 2.12. The summed E-state index contributed by atoms with van der Waals surface area (Å²) in [6, 6.07) is 4.27. The summed E-state index contributed by atoms with van der Waals surface area (Å²) in [5.74, 6) is 1.34. The standard InChI is InChI=1S/C14H16BrF3N2S/c1-8(2)5-10-7-21-13(19-10)20-12-4-3-9(15)6-11(12)14(16,17)18/h3-4,6,8,10H,5,7H2,1-2H3,(H,19,20). The van der Waals surface area contributed by atoms with Gasteiger partial charge in [-0.2, -0.15) is 13.2 Å². The van der Waals surface area contributed by atoms with E-state index in [-0.39, 0.29) is 11.7 Å². The molecule has 0 amide bonds. The monoisotopic (exact) mass is 380 g/mol. The van der Waals surface area contributed by atoms with Gasteiger partial charge in [-0.25, -0.2) is 0 Å². The lowest BCUT2D eigenvalue weighted by Crippen LogP contribution is -2.13. The Morgan fingerprint density at radius 2 is 2.14 bits per heavy atom. The molecule has 0 radical (unpaired) electrons. The van der Waals surface area contributed by atoms with Crippen molar-refractivity contribution in [3.63, 3.8) is 0 Å². The first-order valence-corrected chi connectivity index (χ1v) is 8.38. The number of anilines is 1. The van der Waals surface area contributed by atoms with Gasteiger partial charge < -0.3 is 5.32 Å². The average Bonchev–Trinajstić information content (AvgIpc) is 2.76. The highest BCUT2D eigenvalue weighted by Crippen LogP contribution is 2.37. The van der Waals surface area contributed by atoms with E-state index in [4.69, 9.17) is 0 Å². The van der Waals surface area contributed by atoms with Crippen LogP contribution in [0.4, 0.5) is 18.9 Å². The third-order valence-corrected chi connectivity index (χ3v) is 4.51. The molecule has 0 spiro atoms. The summed E-state index contributed by atoms with van der Waals surface area (Å²) < 4.78 is 39.5. The molecule has 1 aliphatic heterocycles. The first kappa shape index (κ1) is 16.7. The van der Waals surface area contributed by atoms with Gasteiger partial charge in [0.15, 0.2) is 5.17 Å². The predicted molar refractivity (Wildman–Crippen MR) is 85.9 cm³/mol. The SMILES string of the molecule is CC(C)CC1CSC(Nc2ccc(Br)cc2C(F)(F)F)=N1. The summed E-state index contributed by atoms with van der Waals surface area (Å²) >= 11 is 4.55. The third kappa shape index (κ3) is 4.64. The number of benzene rings is 1. The molecule has 2 rings (SSSR count). The van der Waals surface area contributed by atoms with Gasteiger partial charge in [-0.15, -0.1) is 0 Å². The van der Waals surface area contributed by atoms with Gasteiger partial charge in [0, 0.05) is 10.2 Å². The highest BCUT2D eigenvalue weighted by atomic mass is 79.9. The minimum absolute atomic E-state index is 0.0437. The zero-order chi connectivity index (χ0) is 15.6. The molecule has 1 aliphatic rings. The van der Waals surface area contributed by atoms with Gasteiger partial charge in [0.05, 0.1) is 17.3 Å².